The van der Waals surface area contributed by atoms with Crippen molar-refractivity contribution in [3.63, 3.8) is 0 Å². The van der Waals surface area contributed by atoms with Crippen molar-refractivity contribution in [2.45, 2.75) is 6.42 Å². The fourth-order valence-corrected chi connectivity index (χ4v) is 0.955. The lowest BCUT2D eigenvalue weighted by atomic mass is 10.2. The number of benzene rings is 1. The van der Waals surface area contributed by atoms with Gasteiger partial charge in [-0.2, -0.15) is 0 Å². The third kappa shape index (κ3) is 4.25. The number of nitrogens with zero attached hydrogens (tertiary/aromatic N) is 1. The van der Waals surface area contributed by atoms with E-state index in [2.05, 4.69) is 5.16 Å². The first kappa shape index (κ1) is 11.0. The van der Waals surface area contributed by atoms with E-state index in [1.165, 1.54) is 0 Å². The first-order valence-corrected chi connectivity index (χ1v) is 4.72. The highest BCUT2D eigenvalue weighted by Gasteiger charge is 1.88. The number of aliphatic hydroxyl groups is 1. The van der Waals surface area contributed by atoms with Crippen molar-refractivity contribution in [2.75, 3.05) is 13.2 Å². The average Bonchev–Trinajstić information content (AvgIpc) is 2.21. The second kappa shape index (κ2) is 6.40. The zero-order valence-corrected chi connectivity index (χ0v) is 8.44. The molecule has 0 fully saturated rings. The molecule has 76 valence electrons. The van der Waals surface area contributed by atoms with Crippen LogP contribution in [-0.4, -0.2) is 24.5 Å². The van der Waals surface area contributed by atoms with Gasteiger partial charge in [0, 0.05) is 18.1 Å². The lowest BCUT2D eigenvalue weighted by Gasteiger charge is -1.96. The van der Waals surface area contributed by atoms with Crippen LogP contribution in [-0.2, 0) is 4.84 Å². The quantitative estimate of drug-likeness (QED) is 0.462. The summed E-state index contributed by atoms with van der Waals surface area (Å²) >= 11 is 5.71. The maximum absolute atomic E-state index is 8.47. The minimum Gasteiger partial charge on any atom is -0.396 e. The molecule has 1 N–H and O–H groups in total. The van der Waals surface area contributed by atoms with Crippen LogP contribution in [0.3, 0.4) is 0 Å². The zero-order valence-electron chi connectivity index (χ0n) is 7.69. The average molecular weight is 214 g/mol. The fraction of sp³-hybridized carbons (Fsp3) is 0.300. The fourth-order valence-electron chi connectivity index (χ4n) is 0.829. The lowest BCUT2D eigenvalue weighted by molar-refractivity contribution is 0.125. The standard InChI is InChI=1S/C10H12ClNO2/c11-10-4-2-9(3-5-10)8-12-14-7-1-6-13/h2-5,8,13H,1,6-7H2/b12-8+. The highest BCUT2D eigenvalue weighted by Crippen LogP contribution is 2.07. The van der Waals surface area contributed by atoms with Crippen molar-refractivity contribution in [1.82, 2.24) is 0 Å². The Labute approximate surface area is 88.0 Å². The molecule has 0 aliphatic heterocycles. The van der Waals surface area contributed by atoms with E-state index in [0.717, 1.165) is 5.56 Å². The number of rotatable bonds is 5. The van der Waals surface area contributed by atoms with Gasteiger partial charge >= 0.3 is 0 Å². The van der Waals surface area contributed by atoms with Gasteiger partial charge in [-0.3, -0.25) is 0 Å². The van der Waals surface area contributed by atoms with E-state index in [1.807, 2.05) is 12.1 Å². The molecule has 0 amide bonds. The van der Waals surface area contributed by atoms with Crippen LogP contribution in [0.5, 0.6) is 0 Å². The number of halogens is 1. The summed E-state index contributed by atoms with van der Waals surface area (Å²) in [6, 6.07) is 7.27. The van der Waals surface area contributed by atoms with Crippen LogP contribution in [0, 0.1) is 0 Å². The summed E-state index contributed by atoms with van der Waals surface area (Å²) in [7, 11) is 0. The molecule has 0 heterocycles. The largest absolute Gasteiger partial charge is 0.396 e. The molecule has 0 bridgehead atoms. The number of oxime groups is 1. The van der Waals surface area contributed by atoms with Gasteiger partial charge in [-0.15, -0.1) is 0 Å². The van der Waals surface area contributed by atoms with E-state index in [-0.39, 0.29) is 6.61 Å². The SMILES string of the molecule is OCCCO/N=C/c1ccc(Cl)cc1. The van der Waals surface area contributed by atoms with Gasteiger partial charge in [0.25, 0.3) is 0 Å². The molecule has 0 saturated carbocycles. The summed E-state index contributed by atoms with van der Waals surface area (Å²) in [4.78, 5) is 4.88. The van der Waals surface area contributed by atoms with E-state index >= 15 is 0 Å². The highest BCUT2D eigenvalue weighted by molar-refractivity contribution is 6.30. The molecule has 0 unspecified atom stereocenters. The summed E-state index contributed by atoms with van der Waals surface area (Å²) in [5, 5.41) is 12.9. The Hall–Kier alpha value is -1.06. The van der Waals surface area contributed by atoms with Crippen LogP contribution in [0.15, 0.2) is 29.4 Å². The molecule has 0 atom stereocenters. The summed E-state index contributed by atoms with van der Waals surface area (Å²) in [6.45, 7) is 0.553. The van der Waals surface area contributed by atoms with E-state index in [9.17, 15) is 0 Å². The van der Waals surface area contributed by atoms with E-state index in [4.69, 9.17) is 21.5 Å². The van der Waals surface area contributed by atoms with Gasteiger partial charge in [-0.1, -0.05) is 28.9 Å². The minimum atomic E-state index is 0.121. The molecule has 1 rings (SSSR count). The number of hydrogen-bond donors (Lipinski definition) is 1. The molecule has 0 spiro atoms. The Bertz CT molecular complexity index is 285. The van der Waals surface area contributed by atoms with Crippen molar-refractivity contribution >= 4 is 17.8 Å². The van der Waals surface area contributed by atoms with Crippen molar-refractivity contribution in [3.8, 4) is 0 Å². The molecule has 0 saturated heterocycles. The first-order valence-electron chi connectivity index (χ1n) is 4.34. The minimum absolute atomic E-state index is 0.121. The summed E-state index contributed by atoms with van der Waals surface area (Å²) < 4.78 is 0. The molecular weight excluding hydrogens is 202 g/mol. The molecular formula is C10H12ClNO2. The maximum atomic E-state index is 8.47. The monoisotopic (exact) mass is 213 g/mol. The van der Waals surface area contributed by atoms with Crippen molar-refractivity contribution in [3.05, 3.63) is 34.9 Å². The molecule has 1 aromatic rings. The normalized spacial score (nSPS) is 10.7. The van der Waals surface area contributed by atoms with Gasteiger partial charge in [-0.25, -0.2) is 0 Å². The second-order valence-electron chi connectivity index (χ2n) is 2.70. The van der Waals surface area contributed by atoms with Crippen LogP contribution in [0.1, 0.15) is 12.0 Å². The van der Waals surface area contributed by atoms with Crippen LogP contribution in [0.4, 0.5) is 0 Å². The molecule has 0 aromatic heterocycles. The molecule has 3 nitrogen and oxygen atoms in total. The lowest BCUT2D eigenvalue weighted by Crippen LogP contribution is -1.92. The van der Waals surface area contributed by atoms with Crippen molar-refractivity contribution in [1.29, 1.82) is 0 Å². The van der Waals surface area contributed by atoms with Gasteiger partial charge in [0.2, 0.25) is 0 Å². The Morgan fingerprint density at radius 2 is 2.07 bits per heavy atom. The van der Waals surface area contributed by atoms with E-state index < -0.39 is 0 Å². The van der Waals surface area contributed by atoms with Crippen LogP contribution >= 0.6 is 11.6 Å². The van der Waals surface area contributed by atoms with Crippen molar-refractivity contribution in [2.24, 2.45) is 5.16 Å². The Balaban J connectivity index is 2.33. The maximum Gasteiger partial charge on any atom is 0.119 e. The van der Waals surface area contributed by atoms with Crippen LogP contribution in [0.25, 0.3) is 0 Å². The van der Waals surface area contributed by atoms with Crippen LogP contribution < -0.4 is 0 Å². The molecule has 4 heteroatoms. The van der Waals surface area contributed by atoms with Crippen LogP contribution in [0.2, 0.25) is 5.02 Å². The number of hydrogen-bond acceptors (Lipinski definition) is 3. The zero-order chi connectivity index (χ0) is 10.2. The Morgan fingerprint density at radius 1 is 1.36 bits per heavy atom. The molecule has 0 radical (unpaired) electrons. The topological polar surface area (TPSA) is 41.8 Å². The summed E-state index contributed by atoms with van der Waals surface area (Å²) in [5.74, 6) is 0. The second-order valence-corrected chi connectivity index (χ2v) is 3.13. The smallest absolute Gasteiger partial charge is 0.119 e. The van der Waals surface area contributed by atoms with Crippen molar-refractivity contribution < 1.29 is 9.94 Å². The van der Waals surface area contributed by atoms with Gasteiger partial charge in [0.15, 0.2) is 0 Å². The summed E-state index contributed by atoms with van der Waals surface area (Å²) in [6.07, 6.45) is 2.20. The van der Waals surface area contributed by atoms with E-state index in [0.29, 0.717) is 18.1 Å². The van der Waals surface area contributed by atoms with E-state index in [1.54, 1.807) is 18.3 Å². The van der Waals surface area contributed by atoms with Gasteiger partial charge in [0.1, 0.15) is 6.61 Å². The summed E-state index contributed by atoms with van der Waals surface area (Å²) in [5.41, 5.74) is 0.929. The van der Waals surface area contributed by atoms with Gasteiger partial charge in [-0.05, 0) is 17.7 Å². The Morgan fingerprint density at radius 3 is 2.71 bits per heavy atom. The first-order chi connectivity index (χ1) is 6.83. The highest BCUT2D eigenvalue weighted by atomic mass is 35.5. The third-order valence-electron chi connectivity index (χ3n) is 1.54. The molecule has 1 aromatic carbocycles. The predicted octanol–water partition coefficient (Wildman–Crippen LogP) is 2.07. The van der Waals surface area contributed by atoms with Gasteiger partial charge < -0.3 is 9.94 Å². The number of aliphatic hydroxyl groups excluding tert-OH is 1. The molecule has 14 heavy (non-hydrogen) atoms. The molecule has 0 aliphatic rings. The third-order valence-corrected chi connectivity index (χ3v) is 1.79. The predicted molar refractivity (Wildman–Crippen MR) is 56.7 cm³/mol. The Kier molecular flexibility index (Phi) is 5.04. The molecule has 0 aliphatic carbocycles. The van der Waals surface area contributed by atoms with Gasteiger partial charge in [0.05, 0.1) is 6.21 Å².